The molecule has 2 aliphatic rings. The normalized spacial score (nSPS) is 29.2. The molecule has 120 valence electrons. The SMILES string of the molecule is CC(C)Oc1ccc(NC(=O)[C@]23C[C@H]2CN(C)S3(=O)=O)cc1. The van der Waals surface area contributed by atoms with Gasteiger partial charge < -0.3 is 10.1 Å². The summed E-state index contributed by atoms with van der Waals surface area (Å²) >= 11 is 0. The van der Waals surface area contributed by atoms with Crippen LogP contribution in [0.4, 0.5) is 5.69 Å². The third-order valence-electron chi connectivity index (χ3n) is 4.27. The minimum atomic E-state index is -3.54. The van der Waals surface area contributed by atoms with E-state index in [1.807, 2.05) is 13.8 Å². The van der Waals surface area contributed by atoms with Gasteiger partial charge in [-0.2, -0.15) is 0 Å². The lowest BCUT2D eigenvalue weighted by molar-refractivity contribution is -0.116. The zero-order valence-corrected chi connectivity index (χ0v) is 13.7. The van der Waals surface area contributed by atoms with Crippen molar-refractivity contribution in [2.75, 3.05) is 18.9 Å². The molecule has 2 atom stereocenters. The predicted molar refractivity (Wildman–Crippen MR) is 83.2 cm³/mol. The maximum Gasteiger partial charge on any atom is 0.247 e. The van der Waals surface area contributed by atoms with Gasteiger partial charge in [0.05, 0.1) is 6.10 Å². The average Bonchev–Trinajstić information content (AvgIpc) is 3.11. The number of carbonyl (C=O) groups excluding carboxylic acids is 1. The smallest absolute Gasteiger partial charge is 0.247 e. The number of rotatable bonds is 4. The minimum absolute atomic E-state index is 0.0747. The number of fused-ring (bicyclic) bond motifs is 1. The van der Waals surface area contributed by atoms with Gasteiger partial charge in [0.25, 0.3) is 0 Å². The second-order valence-electron chi connectivity index (χ2n) is 6.22. The van der Waals surface area contributed by atoms with Gasteiger partial charge in [0.2, 0.25) is 15.9 Å². The van der Waals surface area contributed by atoms with Crippen LogP contribution in [0.3, 0.4) is 0 Å². The summed E-state index contributed by atoms with van der Waals surface area (Å²) in [6, 6.07) is 6.95. The monoisotopic (exact) mass is 324 g/mol. The summed E-state index contributed by atoms with van der Waals surface area (Å²) in [6.45, 7) is 4.30. The Morgan fingerprint density at radius 2 is 2.00 bits per heavy atom. The van der Waals surface area contributed by atoms with Crippen molar-refractivity contribution in [3.8, 4) is 5.75 Å². The average molecular weight is 324 g/mol. The predicted octanol–water partition coefficient (Wildman–Crippen LogP) is 1.45. The number of ether oxygens (including phenoxy) is 1. The molecule has 1 heterocycles. The molecule has 0 bridgehead atoms. The van der Waals surface area contributed by atoms with E-state index in [0.717, 1.165) is 0 Å². The van der Waals surface area contributed by atoms with Gasteiger partial charge in [-0.15, -0.1) is 0 Å². The fourth-order valence-electron chi connectivity index (χ4n) is 3.04. The molecule has 1 N–H and O–H groups in total. The molecule has 1 saturated carbocycles. The second-order valence-corrected chi connectivity index (χ2v) is 8.52. The van der Waals surface area contributed by atoms with E-state index >= 15 is 0 Å². The van der Waals surface area contributed by atoms with Gasteiger partial charge in [-0.3, -0.25) is 4.79 Å². The van der Waals surface area contributed by atoms with Crippen LogP contribution in [0.15, 0.2) is 24.3 Å². The molecule has 1 aromatic rings. The number of nitrogens with one attached hydrogen (secondary N) is 1. The molecule has 1 saturated heterocycles. The largest absolute Gasteiger partial charge is 0.491 e. The molecule has 2 fully saturated rings. The molecule has 6 nitrogen and oxygen atoms in total. The van der Waals surface area contributed by atoms with E-state index < -0.39 is 20.7 Å². The van der Waals surface area contributed by atoms with Gasteiger partial charge in [0.1, 0.15) is 5.75 Å². The van der Waals surface area contributed by atoms with E-state index in [4.69, 9.17) is 4.74 Å². The van der Waals surface area contributed by atoms with E-state index in [9.17, 15) is 13.2 Å². The molecule has 7 heteroatoms. The quantitative estimate of drug-likeness (QED) is 0.909. The zero-order chi connectivity index (χ0) is 16.1. The Morgan fingerprint density at radius 3 is 2.50 bits per heavy atom. The van der Waals surface area contributed by atoms with Gasteiger partial charge in [-0.1, -0.05) is 0 Å². The summed E-state index contributed by atoms with van der Waals surface area (Å²) < 4.78 is 30.2. The fourth-order valence-corrected chi connectivity index (χ4v) is 5.17. The lowest BCUT2D eigenvalue weighted by atomic mass is 10.2. The Hall–Kier alpha value is -1.60. The summed E-state index contributed by atoms with van der Waals surface area (Å²) in [5.41, 5.74) is 0.575. The summed E-state index contributed by atoms with van der Waals surface area (Å²) in [5, 5.41) is 2.72. The highest BCUT2D eigenvalue weighted by molar-refractivity contribution is 7.92. The van der Waals surface area contributed by atoms with Crippen LogP contribution in [-0.2, 0) is 14.8 Å². The number of nitrogens with zero attached hydrogens (tertiary/aromatic N) is 1. The topological polar surface area (TPSA) is 75.7 Å². The standard InChI is InChI=1S/C15H20N2O4S/c1-10(2)21-13-6-4-12(5-7-13)16-14(18)15-8-11(15)9-17(3)22(15,19)20/h4-7,10-11H,8-9H2,1-3H3,(H,16,18)/t11-,15-/m0/s1. The Bertz CT molecular complexity index is 699. The lowest BCUT2D eigenvalue weighted by Gasteiger charge is -2.17. The Morgan fingerprint density at radius 1 is 1.36 bits per heavy atom. The van der Waals surface area contributed by atoms with E-state index in [0.29, 0.717) is 24.4 Å². The summed E-state index contributed by atoms with van der Waals surface area (Å²) in [5.74, 6) is 0.189. The first-order valence-electron chi connectivity index (χ1n) is 7.31. The zero-order valence-electron chi connectivity index (χ0n) is 12.9. The van der Waals surface area contributed by atoms with Gasteiger partial charge in [0, 0.05) is 25.2 Å². The van der Waals surface area contributed by atoms with Crippen molar-refractivity contribution in [3.63, 3.8) is 0 Å². The first-order chi connectivity index (χ1) is 10.3. The highest BCUT2D eigenvalue weighted by Gasteiger charge is 2.74. The number of carbonyl (C=O) groups is 1. The van der Waals surface area contributed by atoms with Crippen molar-refractivity contribution in [3.05, 3.63) is 24.3 Å². The molecular weight excluding hydrogens is 304 g/mol. The first kappa shape index (κ1) is 15.3. The second kappa shape index (κ2) is 4.96. The van der Waals surface area contributed by atoms with Crippen molar-refractivity contribution in [1.29, 1.82) is 0 Å². The van der Waals surface area contributed by atoms with Gasteiger partial charge in [-0.25, -0.2) is 12.7 Å². The van der Waals surface area contributed by atoms with Gasteiger partial charge >= 0.3 is 0 Å². The highest BCUT2D eigenvalue weighted by Crippen LogP contribution is 2.57. The number of benzene rings is 1. The molecule has 22 heavy (non-hydrogen) atoms. The van der Waals surface area contributed by atoms with Crippen LogP contribution in [0.2, 0.25) is 0 Å². The lowest BCUT2D eigenvalue weighted by Crippen LogP contribution is -2.40. The molecule has 1 aliphatic heterocycles. The molecule has 0 radical (unpaired) electrons. The van der Waals surface area contributed by atoms with Crippen molar-refractivity contribution >= 4 is 21.6 Å². The van der Waals surface area contributed by atoms with Gasteiger partial charge in [0.15, 0.2) is 4.75 Å². The minimum Gasteiger partial charge on any atom is -0.491 e. The number of sulfonamides is 1. The van der Waals surface area contributed by atoms with Gasteiger partial charge in [-0.05, 0) is 44.5 Å². The van der Waals surface area contributed by atoms with Crippen molar-refractivity contribution in [1.82, 2.24) is 4.31 Å². The van der Waals surface area contributed by atoms with Crippen molar-refractivity contribution in [2.45, 2.75) is 31.1 Å². The van der Waals surface area contributed by atoms with Crippen LogP contribution in [0.25, 0.3) is 0 Å². The van der Waals surface area contributed by atoms with Crippen LogP contribution in [-0.4, -0.2) is 43.1 Å². The van der Waals surface area contributed by atoms with E-state index in [1.165, 1.54) is 11.4 Å². The van der Waals surface area contributed by atoms with Crippen LogP contribution in [0, 0.1) is 5.92 Å². The molecular formula is C15H20N2O4S. The number of hydrogen-bond donors (Lipinski definition) is 1. The fraction of sp³-hybridized carbons (Fsp3) is 0.533. The number of amides is 1. The van der Waals surface area contributed by atoms with Crippen LogP contribution < -0.4 is 10.1 Å². The maximum atomic E-state index is 12.5. The van der Waals surface area contributed by atoms with Crippen molar-refractivity contribution in [2.24, 2.45) is 5.92 Å². The van der Waals surface area contributed by atoms with E-state index in [-0.39, 0.29) is 12.0 Å². The Kier molecular flexibility index (Phi) is 3.45. The van der Waals surface area contributed by atoms with Crippen LogP contribution in [0.5, 0.6) is 5.75 Å². The number of anilines is 1. The molecule has 0 spiro atoms. The highest BCUT2D eigenvalue weighted by atomic mass is 32.2. The first-order valence-corrected chi connectivity index (χ1v) is 8.75. The summed E-state index contributed by atoms with van der Waals surface area (Å²) in [7, 11) is -2.02. The third kappa shape index (κ3) is 2.19. The molecule has 0 aromatic heterocycles. The third-order valence-corrected chi connectivity index (χ3v) is 6.84. The molecule has 1 aliphatic carbocycles. The van der Waals surface area contributed by atoms with Crippen molar-refractivity contribution < 1.29 is 17.9 Å². The molecule has 1 amide bonds. The summed E-state index contributed by atoms with van der Waals surface area (Å²) in [4.78, 5) is 12.5. The Balaban J connectivity index is 1.73. The number of hydrogen-bond acceptors (Lipinski definition) is 4. The van der Waals surface area contributed by atoms with Crippen LogP contribution in [0.1, 0.15) is 20.3 Å². The molecule has 1 aromatic carbocycles. The van der Waals surface area contributed by atoms with Crippen LogP contribution >= 0.6 is 0 Å². The summed E-state index contributed by atoms with van der Waals surface area (Å²) in [6.07, 6.45) is 0.491. The maximum absolute atomic E-state index is 12.5. The van der Waals surface area contributed by atoms with E-state index in [1.54, 1.807) is 24.3 Å². The molecule has 0 unspecified atom stereocenters. The Labute approximate surface area is 130 Å². The van der Waals surface area contributed by atoms with E-state index in [2.05, 4.69) is 5.32 Å². The molecule has 3 rings (SSSR count).